The van der Waals surface area contributed by atoms with E-state index in [-0.39, 0.29) is 37.5 Å². The summed E-state index contributed by atoms with van der Waals surface area (Å²) in [5.41, 5.74) is 3.68. The number of nitrogens with zero attached hydrogens (tertiary/aromatic N) is 3. The molecule has 2 aromatic carbocycles. The third-order valence-electron chi connectivity index (χ3n) is 10.1. The molecule has 1 N–H and O–H groups in total. The zero-order chi connectivity index (χ0) is 40.7. The van der Waals surface area contributed by atoms with Crippen molar-refractivity contribution in [3.8, 4) is 11.5 Å². The van der Waals surface area contributed by atoms with E-state index >= 15 is 0 Å². The topological polar surface area (TPSA) is 110 Å². The first kappa shape index (κ1) is 42.9. The number of piperidine rings is 2. The molecule has 4 aliphatic rings. The zero-order valence-corrected chi connectivity index (χ0v) is 33.8. The molecule has 56 heavy (non-hydrogen) atoms. The van der Waals surface area contributed by atoms with Crippen LogP contribution in [-0.2, 0) is 40.0 Å². The summed E-state index contributed by atoms with van der Waals surface area (Å²) in [6.07, 6.45) is 0.636. The molecule has 310 valence electrons. The normalized spacial score (nSPS) is 18.6. The fourth-order valence-electron chi connectivity index (χ4n) is 7.23. The second kappa shape index (κ2) is 18.4. The van der Waals surface area contributed by atoms with Gasteiger partial charge < -0.3 is 39.0 Å². The van der Waals surface area contributed by atoms with Gasteiger partial charge in [0.15, 0.2) is 0 Å². The van der Waals surface area contributed by atoms with Gasteiger partial charge in [-0.15, -0.1) is 0 Å². The molecule has 3 amide bonds. The van der Waals surface area contributed by atoms with Crippen molar-refractivity contribution in [2.45, 2.75) is 122 Å². The maximum atomic E-state index is 12.7. The molecule has 2 aromatic rings. The van der Waals surface area contributed by atoms with Crippen LogP contribution < -0.4 is 14.8 Å². The summed E-state index contributed by atoms with van der Waals surface area (Å²) in [6.45, 7) is 15.8. The molecule has 4 heterocycles. The number of likely N-dealkylation sites (tertiary alicyclic amines) is 2. The molecule has 2 saturated heterocycles. The van der Waals surface area contributed by atoms with Gasteiger partial charge in [0.2, 0.25) is 0 Å². The van der Waals surface area contributed by atoms with Crippen LogP contribution in [0.15, 0.2) is 36.4 Å². The van der Waals surface area contributed by atoms with Gasteiger partial charge in [0.25, 0.3) is 0 Å². The van der Waals surface area contributed by atoms with Gasteiger partial charge in [-0.3, -0.25) is 4.79 Å². The summed E-state index contributed by atoms with van der Waals surface area (Å²) in [6, 6.07) is 12.0. The number of hydrogen-bond acceptors (Lipinski definition) is 8. The van der Waals surface area contributed by atoms with Gasteiger partial charge in [-0.25, -0.2) is 9.59 Å². The fourth-order valence-corrected chi connectivity index (χ4v) is 7.23. The molecular weight excluding hydrogens is 729 g/mol. The van der Waals surface area contributed by atoms with E-state index in [9.17, 15) is 27.6 Å². The number of ether oxygens (including phenoxy) is 4. The predicted molar refractivity (Wildman–Crippen MR) is 206 cm³/mol. The van der Waals surface area contributed by atoms with Crippen LogP contribution in [0.1, 0.15) is 89.5 Å². The summed E-state index contributed by atoms with van der Waals surface area (Å²) < 4.78 is 61.3. The lowest BCUT2D eigenvalue weighted by Crippen LogP contribution is -2.44. The van der Waals surface area contributed by atoms with Crippen LogP contribution in [0.3, 0.4) is 0 Å². The Bertz CT molecular complexity index is 1660. The molecule has 11 nitrogen and oxygen atoms in total. The predicted octanol–water partition coefficient (Wildman–Crippen LogP) is 7.11. The molecular formula is C42H59F3N4O7. The molecule has 6 rings (SSSR count). The van der Waals surface area contributed by atoms with Crippen LogP contribution in [0.2, 0.25) is 0 Å². The number of halogens is 3. The number of benzene rings is 2. The summed E-state index contributed by atoms with van der Waals surface area (Å²) in [4.78, 5) is 40.2. The molecule has 0 aliphatic carbocycles. The Hall–Kier alpha value is -4.20. The van der Waals surface area contributed by atoms with E-state index in [4.69, 9.17) is 18.9 Å². The lowest BCUT2D eigenvalue weighted by atomic mass is 10.0. The highest BCUT2D eigenvalue weighted by atomic mass is 19.4. The van der Waals surface area contributed by atoms with Crippen molar-refractivity contribution in [2.24, 2.45) is 0 Å². The van der Waals surface area contributed by atoms with Crippen molar-refractivity contribution in [2.75, 3.05) is 52.4 Å². The zero-order valence-electron chi connectivity index (χ0n) is 33.8. The summed E-state index contributed by atoms with van der Waals surface area (Å²) in [7, 11) is 0. The first-order chi connectivity index (χ1) is 26.3. The Morgan fingerprint density at radius 1 is 0.571 bits per heavy atom. The van der Waals surface area contributed by atoms with Crippen molar-refractivity contribution in [3.05, 3.63) is 58.7 Å². The van der Waals surface area contributed by atoms with Gasteiger partial charge >= 0.3 is 24.3 Å². The van der Waals surface area contributed by atoms with Crippen molar-refractivity contribution < 1.29 is 46.5 Å². The number of carbonyl (C=O) groups excluding carboxylic acids is 3. The third kappa shape index (κ3) is 12.9. The van der Waals surface area contributed by atoms with Crippen LogP contribution in [0.4, 0.5) is 22.8 Å². The minimum absolute atomic E-state index is 0.0308. The Labute approximate surface area is 329 Å². The maximum absolute atomic E-state index is 12.7. The first-order valence-electron chi connectivity index (χ1n) is 19.9. The fraction of sp³-hybridized carbons (Fsp3) is 0.643. The highest BCUT2D eigenvalue weighted by Gasteiger charge is 2.42. The largest absolute Gasteiger partial charge is 0.490 e. The Morgan fingerprint density at radius 3 is 1.39 bits per heavy atom. The number of alkyl halides is 3. The van der Waals surface area contributed by atoms with Gasteiger partial charge in [-0.05, 0) is 127 Å². The van der Waals surface area contributed by atoms with Gasteiger partial charge in [-0.1, -0.05) is 12.1 Å². The SMILES string of the molecule is CC(C)(C)OC(=O)N1CCC(Oc2ccc3c(c2)CCN(C(=O)C(F)(F)F)CC3)CC1.CC(C)(C)OC(=O)N1CCC(Oc2ccc3c(c2)CCNCC3)CC1. The number of amides is 3. The summed E-state index contributed by atoms with van der Waals surface area (Å²) in [5, 5.41) is 3.44. The van der Waals surface area contributed by atoms with Crippen LogP contribution in [0.25, 0.3) is 0 Å². The number of rotatable bonds is 4. The van der Waals surface area contributed by atoms with Crippen LogP contribution in [-0.4, -0.2) is 115 Å². The number of carbonyl (C=O) groups is 3. The molecule has 0 radical (unpaired) electrons. The van der Waals surface area contributed by atoms with E-state index in [1.54, 1.807) is 9.80 Å². The van der Waals surface area contributed by atoms with Crippen molar-refractivity contribution in [1.82, 2.24) is 20.0 Å². The van der Waals surface area contributed by atoms with Gasteiger partial charge in [0.1, 0.15) is 34.9 Å². The minimum Gasteiger partial charge on any atom is -0.490 e. The highest BCUT2D eigenvalue weighted by Crippen LogP contribution is 2.28. The molecule has 0 bridgehead atoms. The maximum Gasteiger partial charge on any atom is 0.471 e. The average Bonchev–Trinajstić information content (AvgIpc) is 3.49. The Morgan fingerprint density at radius 2 is 0.964 bits per heavy atom. The molecule has 2 fully saturated rings. The molecule has 0 atom stereocenters. The first-order valence-corrected chi connectivity index (χ1v) is 19.9. The van der Waals surface area contributed by atoms with Crippen molar-refractivity contribution in [3.63, 3.8) is 0 Å². The average molecular weight is 789 g/mol. The van der Waals surface area contributed by atoms with E-state index in [0.717, 1.165) is 60.5 Å². The van der Waals surface area contributed by atoms with Gasteiger partial charge in [0, 0.05) is 65.0 Å². The lowest BCUT2D eigenvalue weighted by molar-refractivity contribution is -0.185. The highest BCUT2D eigenvalue weighted by molar-refractivity contribution is 5.82. The second-order valence-corrected chi connectivity index (χ2v) is 17.0. The number of fused-ring (bicyclic) bond motifs is 2. The van der Waals surface area contributed by atoms with Crippen molar-refractivity contribution >= 4 is 18.1 Å². The summed E-state index contributed by atoms with van der Waals surface area (Å²) >= 11 is 0. The van der Waals surface area contributed by atoms with E-state index in [1.807, 2.05) is 59.7 Å². The smallest absolute Gasteiger partial charge is 0.471 e. The standard InChI is InChI=1S/C22H29F3N2O4.C20H30N2O3/c1-21(2,3)31-20(29)27-12-8-17(9-13-27)30-18-5-4-15-6-10-26(11-7-16(15)14-18)19(28)22(23,24)25;1-20(2,3)25-19(23)22-12-8-17(9-13-22)24-18-5-4-15-6-10-21-11-7-16(15)14-18/h4-5,14,17H,6-13H2,1-3H3;4-5,14,17,21H,6-13H2,1-3H3. The molecule has 0 unspecified atom stereocenters. The molecule has 14 heteroatoms. The third-order valence-corrected chi connectivity index (χ3v) is 10.1. The monoisotopic (exact) mass is 788 g/mol. The van der Waals surface area contributed by atoms with Crippen LogP contribution >= 0.6 is 0 Å². The lowest BCUT2D eigenvalue weighted by Gasteiger charge is -2.33. The molecule has 0 saturated carbocycles. The van der Waals surface area contributed by atoms with Crippen LogP contribution in [0.5, 0.6) is 11.5 Å². The summed E-state index contributed by atoms with van der Waals surface area (Å²) in [5.74, 6) is -0.171. The van der Waals surface area contributed by atoms with E-state index < -0.39 is 23.3 Å². The molecule has 0 aromatic heterocycles. The Kier molecular flexibility index (Phi) is 14.1. The molecule has 4 aliphatic heterocycles. The van der Waals surface area contributed by atoms with Crippen LogP contribution in [0, 0.1) is 0 Å². The quantitative estimate of drug-likeness (QED) is 0.350. The minimum atomic E-state index is -4.85. The second-order valence-electron chi connectivity index (χ2n) is 17.0. The van der Waals surface area contributed by atoms with E-state index in [1.165, 1.54) is 11.1 Å². The van der Waals surface area contributed by atoms with Crippen molar-refractivity contribution in [1.29, 1.82) is 0 Å². The van der Waals surface area contributed by atoms with E-state index in [0.29, 0.717) is 57.6 Å². The number of nitrogens with one attached hydrogen (secondary N) is 1. The van der Waals surface area contributed by atoms with E-state index in [2.05, 4.69) is 23.5 Å². The number of hydrogen-bond donors (Lipinski definition) is 1. The Balaban J connectivity index is 0.000000219. The molecule has 0 spiro atoms. The van der Waals surface area contributed by atoms with Gasteiger partial charge in [0.05, 0.1) is 0 Å². The van der Waals surface area contributed by atoms with Gasteiger partial charge in [-0.2, -0.15) is 13.2 Å².